The monoisotopic (exact) mass is 300 g/mol. The van der Waals surface area contributed by atoms with Crippen molar-refractivity contribution < 1.29 is 0 Å². The van der Waals surface area contributed by atoms with E-state index >= 15 is 0 Å². The molecule has 7 heteroatoms. The minimum atomic E-state index is -0.142. The van der Waals surface area contributed by atoms with Gasteiger partial charge in [0.15, 0.2) is 5.16 Å². The first-order valence-corrected chi connectivity index (χ1v) is 7.30. The minimum absolute atomic E-state index is 0.142. The Morgan fingerprint density at radius 2 is 2.16 bits per heavy atom. The maximum absolute atomic E-state index is 11.3. The number of thioether (sulfide) groups is 1. The van der Waals surface area contributed by atoms with Crippen LogP contribution in [0.2, 0.25) is 5.02 Å². The molecule has 0 spiro atoms. The maximum Gasteiger partial charge on any atom is 0.251 e. The molecule has 2 aromatic rings. The number of halogens is 1. The van der Waals surface area contributed by atoms with E-state index in [2.05, 4.69) is 15.1 Å². The van der Waals surface area contributed by atoms with E-state index in [0.717, 1.165) is 5.69 Å². The number of aryl methyl sites for hydroxylation is 2. The molecular formula is C12H17ClN4OS. The summed E-state index contributed by atoms with van der Waals surface area (Å²) in [5.41, 5.74) is 1.46. The summed E-state index contributed by atoms with van der Waals surface area (Å²) in [6.07, 6.45) is 1.60. The summed E-state index contributed by atoms with van der Waals surface area (Å²) in [4.78, 5) is 18.2. The Morgan fingerprint density at radius 3 is 2.68 bits per heavy atom. The molecule has 0 fully saturated rings. The maximum atomic E-state index is 11.3. The van der Waals surface area contributed by atoms with Crippen LogP contribution < -0.4 is 5.56 Å². The predicted molar refractivity (Wildman–Crippen MR) is 78.7 cm³/mol. The summed E-state index contributed by atoms with van der Waals surface area (Å²) in [6, 6.07) is 1.46. The molecule has 0 saturated carbocycles. The van der Waals surface area contributed by atoms with Crippen LogP contribution >= 0.6 is 23.4 Å². The van der Waals surface area contributed by atoms with Crippen molar-refractivity contribution in [2.24, 2.45) is 7.05 Å². The lowest BCUT2D eigenvalue weighted by atomic mass is 10.5. The molecule has 0 aliphatic heterocycles. The van der Waals surface area contributed by atoms with E-state index in [1.807, 2.05) is 20.9 Å². The number of aromatic nitrogens is 4. The Hall–Kier alpha value is -1.27. The van der Waals surface area contributed by atoms with Crippen LogP contribution in [0.25, 0.3) is 0 Å². The summed E-state index contributed by atoms with van der Waals surface area (Å²) in [6.45, 7) is 5.79. The molecule has 0 aliphatic carbocycles. The number of H-pyrrole nitrogens is 1. The average Bonchev–Trinajstić information content (AvgIpc) is 2.68. The molecule has 104 valence electrons. The molecule has 5 nitrogen and oxygen atoms in total. The molecule has 2 aromatic heterocycles. The highest BCUT2D eigenvalue weighted by Crippen LogP contribution is 2.23. The molecule has 0 atom stereocenters. The lowest BCUT2D eigenvalue weighted by Gasteiger charge is -2.03. The lowest BCUT2D eigenvalue weighted by Crippen LogP contribution is -2.08. The van der Waals surface area contributed by atoms with Gasteiger partial charge in [-0.2, -0.15) is 5.10 Å². The Labute approximate surface area is 121 Å². The second-order valence-electron chi connectivity index (χ2n) is 3.54. The largest absolute Gasteiger partial charge is 0.301 e. The first-order valence-electron chi connectivity index (χ1n) is 5.93. The van der Waals surface area contributed by atoms with E-state index in [1.165, 1.54) is 17.8 Å². The smallest absolute Gasteiger partial charge is 0.251 e. The van der Waals surface area contributed by atoms with Gasteiger partial charge in [0.2, 0.25) is 0 Å². The fraction of sp³-hybridized carbons (Fsp3) is 0.417. The first-order chi connectivity index (χ1) is 9.06. The van der Waals surface area contributed by atoms with Crippen LogP contribution in [0.3, 0.4) is 0 Å². The Morgan fingerprint density at radius 1 is 1.47 bits per heavy atom. The summed E-state index contributed by atoms with van der Waals surface area (Å²) in [7, 11) is 1.83. The third-order valence-electron chi connectivity index (χ3n) is 2.20. The van der Waals surface area contributed by atoms with Gasteiger partial charge in [0.1, 0.15) is 0 Å². The minimum Gasteiger partial charge on any atom is -0.301 e. The standard InChI is InChI=1S/C10H11ClN4OS.C2H6/c1-6-3-9(16)14-10(13-6)17-5-8-7(11)4-12-15(8)2;1-2/h3-4H,5H2,1-2H3,(H,13,14,16);1-2H3. The van der Waals surface area contributed by atoms with Gasteiger partial charge >= 0.3 is 0 Å². The van der Waals surface area contributed by atoms with Crippen LogP contribution in [0.4, 0.5) is 0 Å². The van der Waals surface area contributed by atoms with E-state index in [1.54, 1.807) is 17.8 Å². The quantitative estimate of drug-likeness (QED) is 0.699. The Kier molecular flexibility index (Phi) is 6.11. The van der Waals surface area contributed by atoms with Crippen molar-refractivity contribution in [1.29, 1.82) is 0 Å². The number of nitrogens with zero attached hydrogens (tertiary/aromatic N) is 3. The lowest BCUT2D eigenvalue weighted by molar-refractivity contribution is 0.735. The molecule has 0 bridgehead atoms. The number of nitrogens with one attached hydrogen (secondary N) is 1. The van der Waals surface area contributed by atoms with Crippen LogP contribution in [0.15, 0.2) is 22.2 Å². The van der Waals surface area contributed by atoms with E-state index in [-0.39, 0.29) is 5.56 Å². The van der Waals surface area contributed by atoms with Gasteiger partial charge in [-0.15, -0.1) is 0 Å². The van der Waals surface area contributed by atoms with Gasteiger partial charge in [-0.3, -0.25) is 9.48 Å². The fourth-order valence-corrected chi connectivity index (χ4v) is 2.66. The third kappa shape index (κ3) is 4.40. The molecule has 2 rings (SSSR count). The Bertz CT molecular complexity index is 574. The van der Waals surface area contributed by atoms with Gasteiger partial charge in [0.25, 0.3) is 5.56 Å². The van der Waals surface area contributed by atoms with Crippen molar-refractivity contribution in [3.63, 3.8) is 0 Å². The highest BCUT2D eigenvalue weighted by molar-refractivity contribution is 7.98. The van der Waals surface area contributed by atoms with Crippen molar-refractivity contribution in [2.75, 3.05) is 0 Å². The van der Waals surface area contributed by atoms with Crippen molar-refractivity contribution >= 4 is 23.4 Å². The third-order valence-corrected chi connectivity index (χ3v) is 3.40. The highest BCUT2D eigenvalue weighted by Gasteiger charge is 2.08. The predicted octanol–water partition coefficient (Wildman–Crippen LogP) is 2.78. The average molecular weight is 301 g/mol. The van der Waals surface area contributed by atoms with E-state index in [0.29, 0.717) is 21.6 Å². The van der Waals surface area contributed by atoms with E-state index in [9.17, 15) is 4.79 Å². The van der Waals surface area contributed by atoms with Gasteiger partial charge in [0, 0.05) is 24.6 Å². The zero-order chi connectivity index (χ0) is 14.4. The second kappa shape index (κ2) is 7.35. The van der Waals surface area contributed by atoms with Gasteiger partial charge in [-0.1, -0.05) is 37.2 Å². The van der Waals surface area contributed by atoms with Crippen LogP contribution in [0.5, 0.6) is 0 Å². The highest BCUT2D eigenvalue weighted by atomic mass is 35.5. The number of rotatable bonds is 3. The van der Waals surface area contributed by atoms with Crippen LogP contribution in [-0.4, -0.2) is 19.7 Å². The molecule has 0 saturated heterocycles. The summed E-state index contributed by atoms with van der Waals surface area (Å²) >= 11 is 7.41. The number of hydrogen-bond acceptors (Lipinski definition) is 4. The number of hydrogen-bond donors (Lipinski definition) is 1. The van der Waals surface area contributed by atoms with Crippen molar-refractivity contribution in [1.82, 2.24) is 19.7 Å². The molecule has 0 aliphatic rings. The molecule has 0 aromatic carbocycles. The zero-order valence-corrected chi connectivity index (χ0v) is 13.0. The summed E-state index contributed by atoms with van der Waals surface area (Å²) in [5.74, 6) is 0.613. The fourth-order valence-electron chi connectivity index (χ4n) is 1.36. The second-order valence-corrected chi connectivity index (χ2v) is 4.91. The van der Waals surface area contributed by atoms with Gasteiger partial charge in [-0.05, 0) is 6.92 Å². The SMILES string of the molecule is CC.Cc1cc(=O)[nH]c(SCc2c(Cl)cnn2C)n1. The van der Waals surface area contributed by atoms with Gasteiger partial charge in [0.05, 0.1) is 16.9 Å². The summed E-state index contributed by atoms with van der Waals surface area (Å²) < 4.78 is 1.71. The molecule has 2 heterocycles. The zero-order valence-electron chi connectivity index (χ0n) is 11.4. The summed E-state index contributed by atoms with van der Waals surface area (Å²) in [5, 5.41) is 5.25. The van der Waals surface area contributed by atoms with Crippen LogP contribution in [0, 0.1) is 6.92 Å². The van der Waals surface area contributed by atoms with Crippen molar-refractivity contribution in [3.05, 3.63) is 39.0 Å². The van der Waals surface area contributed by atoms with E-state index < -0.39 is 0 Å². The molecule has 0 radical (unpaired) electrons. The normalized spacial score (nSPS) is 9.95. The van der Waals surface area contributed by atoms with Crippen molar-refractivity contribution in [2.45, 2.75) is 31.7 Å². The van der Waals surface area contributed by atoms with E-state index in [4.69, 9.17) is 11.6 Å². The number of aromatic amines is 1. The van der Waals surface area contributed by atoms with Gasteiger partial charge < -0.3 is 4.98 Å². The molecule has 19 heavy (non-hydrogen) atoms. The molecule has 1 N–H and O–H groups in total. The topological polar surface area (TPSA) is 63.6 Å². The van der Waals surface area contributed by atoms with Gasteiger partial charge in [-0.25, -0.2) is 4.98 Å². The Balaban J connectivity index is 0.000000861. The van der Waals surface area contributed by atoms with Crippen LogP contribution in [0.1, 0.15) is 25.2 Å². The molecular weight excluding hydrogens is 284 g/mol. The first kappa shape index (κ1) is 15.8. The van der Waals surface area contributed by atoms with Crippen molar-refractivity contribution in [3.8, 4) is 0 Å². The molecule has 0 unspecified atom stereocenters. The van der Waals surface area contributed by atoms with Crippen LogP contribution in [-0.2, 0) is 12.8 Å². The molecule has 0 amide bonds.